The number of nitrogens with zero attached hydrogens (tertiary/aromatic N) is 2. The van der Waals surface area contributed by atoms with Crippen LogP contribution in [0.1, 0.15) is 32.7 Å². The second-order valence-corrected chi connectivity index (χ2v) is 8.18. The number of rotatable bonds is 6. The summed E-state index contributed by atoms with van der Waals surface area (Å²) in [5.74, 6) is -1.37. The van der Waals surface area contributed by atoms with Gasteiger partial charge in [0.1, 0.15) is 11.6 Å². The zero-order chi connectivity index (χ0) is 24.5. The van der Waals surface area contributed by atoms with E-state index in [1.165, 1.54) is 12.1 Å². The first-order chi connectivity index (χ1) is 16.9. The molecule has 0 spiro atoms. The van der Waals surface area contributed by atoms with Gasteiger partial charge in [-0.2, -0.15) is 0 Å². The molecule has 176 valence electrons. The van der Waals surface area contributed by atoms with Crippen LogP contribution in [0.4, 0.5) is 15.8 Å². The molecule has 8 nitrogen and oxygen atoms in total. The Bertz CT molecular complexity index is 1320. The molecule has 35 heavy (non-hydrogen) atoms. The third kappa shape index (κ3) is 4.35. The number of carbonyl (C=O) groups is 4. The van der Waals surface area contributed by atoms with E-state index in [0.717, 1.165) is 10.5 Å². The zero-order valence-electron chi connectivity index (χ0n) is 18.5. The number of anilines is 2. The van der Waals surface area contributed by atoms with Gasteiger partial charge in [0.15, 0.2) is 6.61 Å². The number of hydrogen-bond acceptors (Lipinski definition) is 5. The van der Waals surface area contributed by atoms with Crippen LogP contribution in [0.25, 0.3) is 0 Å². The minimum atomic E-state index is -0.411. The van der Waals surface area contributed by atoms with Crippen molar-refractivity contribution < 1.29 is 28.3 Å². The molecule has 2 heterocycles. The van der Waals surface area contributed by atoms with Crippen molar-refractivity contribution in [3.8, 4) is 5.75 Å². The molecule has 0 bridgehead atoms. The highest BCUT2D eigenvalue weighted by Crippen LogP contribution is 2.35. The normalized spacial score (nSPS) is 14.5. The Kier molecular flexibility index (Phi) is 5.74. The van der Waals surface area contributed by atoms with Gasteiger partial charge in [-0.15, -0.1) is 0 Å². The highest BCUT2D eigenvalue weighted by Gasteiger charge is 2.35. The summed E-state index contributed by atoms with van der Waals surface area (Å²) < 4.78 is 18.8. The summed E-state index contributed by atoms with van der Waals surface area (Å²) in [5, 5.41) is 2.74. The van der Waals surface area contributed by atoms with E-state index in [1.807, 2.05) is 0 Å². The predicted octanol–water partition coefficient (Wildman–Crippen LogP) is 3.38. The molecular formula is C26H20FN3O5. The SMILES string of the molecule is O=C(CCN1C(=O)c2ccccc2C1=O)Nc1ccc2c(c1)OCC(=O)N2Cc1ccc(F)cc1. The Morgan fingerprint density at radius 1 is 0.914 bits per heavy atom. The van der Waals surface area contributed by atoms with Gasteiger partial charge in [0, 0.05) is 24.7 Å². The van der Waals surface area contributed by atoms with Crippen molar-refractivity contribution in [2.24, 2.45) is 0 Å². The molecule has 2 aliphatic heterocycles. The number of halogens is 1. The maximum atomic E-state index is 13.2. The number of nitrogens with one attached hydrogen (secondary N) is 1. The molecule has 0 saturated carbocycles. The second-order valence-electron chi connectivity index (χ2n) is 8.18. The van der Waals surface area contributed by atoms with E-state index in [0.29, 0.717) is 28.3 Å². The summed E-state index contributed by atoms with van der Waals surface area (Å²) in [6, 6.07) is 17.4. The van der Waals surface area contributed by atoms with Crippen molar-refractivity contribution in [2.45, 2.75) is 13.0 Å². The van der Waals surface area contributed by atoms with Crippen LogP contribution in [0.3, 0.4) is 0 Å². The summed E-state index contributed by atoms with van der Waals surface area (Å²) >= 11 is 0. The molecule has 1 N–H and O–H groups in total. The fourth-order valence-electron chi connectivity index (χ4n) is 4.11. The summed E-state index contributed by atoms with van der Waals surface area (Å²) in [4.78, 5) is 52.5. The van der Waals surface area contributed by atoms with Crippen molar-refractivity contribution in [1.29, 1.82) is 0 Å². The minimum Gasteiger partial charge on any atom is -0.481 e. The Hall–Kier alpha value is -4.53. The molecule has 0 radical (unpaired) electrons. The highest BCUT2D eigenvalue weighted by atomic mass is 19.1. The summed E-state index contributed by atoms with van der Waals surface area (Å²) in [7, 11) is 0. The largest absolute Gasteiger partial charge is 0.481 e. The standard InChI is InChI=1S/C26H20FN3O5/c27-17-7-5-16(6-8-17)14-30-21-10-9-18(13-22(21)35-15-24(30)32)28-23(31)11-12-29-25(33)19-3-1-2-4-20(19)26(29)34/h1-10,13H,11-12,14-15H2,(H,28,31). The number of hydrogen-bond donors (Lipinski definition) is 1. The predicted molar refractivity (Wildman–Crippen MR) is 125 cm³/mol. The van der Waals surface area contributed by atoms with Crippen LogP contribution in [0, 0.1) is 5.82 Å². The maximum absolute atomic E-state index is 13.2. The van der Waals surface area contributed by atoms with Gasteiger partial charge >= 0.3 is 0 Å². The van der Waals surface area contributed by atoms with Gasteiger partial charge in [-0.1, -0.05) is 24.3 Å². The lowest BCUT2D eigenvalue weighted by atomic mass is 10.1. The van der Waals surface area contributed by atoms with Crippen molar-refractivity contribution in [1.82, 2.24) is 4.90 Å². The summed E-state index contributed by atoms with van der Waals surface area (Å²) in [6.45, 7) is 0.0480. The van der Waals surface area contributed by atoms with Gasteiger partial charge in [-0.05, 0) is 42.0 Å². The topological polar surface area (TPSA) is 96.0 Å². The number of benzene rings is 3. The molecule has 2 aliphatic rings. The average Bonchev–Trinajstić information content (AvgIpc) is 3.10. The zero-order valence-corrected chi connectivity index (χ0v) is 18.5. The molecule has 0 fully saturated rings. The fraction of sp³-hybridized carbons (Fsp3) is 0.154. The lowest BCUT2D eigenvalue weighted by Gasteiger charge is -2.30. The fourth-order valence-corrected chi connectivity index (χ4v) is 4.11. The third-order valence-corrected chi connectivity index (χ3v) is 5.88. The molecule has 0 atom stereocenters. The third-order valence-electron chi connectivity index (χ3n) is 5.88. The second kappa shape index (κ2) is 9.02. The molecule has 0 saturated heterocycles. The van der Waals surface area contributed by atoms with Crippen LogP contribution in [0.15, 0.2) is 66.7 Å². The Morgan fingerprint density at radius 2 is 1.60 bits per heavy atom. The van der Waals surface area contributed by atoms with E-state index in [4.69, 9.17) is 4.74 Å². The van der Waals surface area contributed by atoms with Gasteiger partial charge in [0.05, 0.1) is 23.4 Å². The van der Waals surface area contributed by atoms with E-state index >= 15 is 0 Å². The molecule has 0 unspecified atom stereocenters. The average molecular weight is 473 g/mol. The minimum absolute atomic E-state index is 0.0421. The Balaban J connectivity index is 1.23. The van der Waals surface area contributed by atoms with Crippen LogP contribution in [-0.4, -0.2) is 41.7 Å². The van der Waals surface area contributed by atoms with Gasteiger partial charge in [0.2, 0.25) is 5.91 Å². The number of imide groups is 1. The van der Waals surface area contributed by atoms with Gasteiger partial charge in [0.25, 0.3) is 17.7 Å². The van der Waals surface area contributed by atoms with E-state index in [1.54, 1.807) is 59.5 Å². The molecule has 4 amide bonds. The number of ether oxygens (including phenoxy) is 1. The van der Waals surface area contributed by atoms with Crippen LogP contribution >= 0.6 is 0 Å². The van der Waals surface area contributed by atoms with Gasteiger partial charge < -0.3 is 15.0 Å². The summed E-state index contributed by atoms with van der Waals surface area (Å²) in [6.07, 6.45) is -0.0708. The number of carbonyl (C=O) groups excluding carboxylic acids is 4. The first-order valence-electron chi connectivity index (χ1n) is 11.0. The smallest absolute Gasteiger partial charge is 0.265 e. The Labute approximate surface area is 199 Å². The maximum Gasteiger partial charge on any atom is 0.265 e. The molecular weight excluding hydrogens is 453 g/mol. The quantitative estimate of drug-likeness (QED) is 0.554. The lowest BCUT2D eigenvalue weighted by molar-refractivity contribution is -0.121. The number of amides is 4. The molecule has 3 aromatic rings. The molecule has 5 rings (SSSR count). The highest BCUT2D eigenvalue weighted by molar-refractivity contribution is 6.21. The summed E-state index contributed by atoms with van der Waals surface area (Å²) in [5.41, 5.74) is 2.42. The van der Waals surface area contributed by atoms with Crippen molar-refractivity contribution in [3.05, 3.63) is 89.2 Å². The van der Waals surface area contributed by atoms with E-state index < -0.39 is 11.8 Å². The monoisotopic (exact) mass is 473 g/mol. The van der Waals surface area contributed by atoms with Crippen molar-refractivity contribution in [3.63, 3.8) is 0 Å². The van der Waals surface area contributed by atoms with Gasteiger partial charge in [-0.25, -0.2) is 4.39 Å². The van der Waals surface area contributed by atoms with E-state index in [9.17, 15) is 23.6 Å². The van der Waals surface area contributed by atoms with E-state index in [2.05, 4.69) is 5.32 Å². The first kappa shape index (κ1) is 22.3. The van der Waals surface area contributed by atoms with Crippen LogP contribution in [-0.2, 0) is 16.1 Å². The van der Waals surface area contributed by atoms with Crippen LogP contribution in [0.2, 0.25) is 0 Å². The molecule has 9 heteroatoms. The van der Waals surface area contributed by atoms with Gasteiger partial charge in [-0.3, -0.25) is 24.1 Å². The van der Waals surface area contributed by atoms with Crippen molar-refractivity contribution in [2.75, 3.05) is 23.4 Å². The first-order valence-corrected chi connectivity index (χ1v) is 11.0. The Morgan fingerprint density at radius 3 is 2.29 bits per heavy atom. The van der Waals surface area contributed by atoms with E-state index in [-0.39, 0.29) is 43.7 Å². The van der Waals surface area contributed by atoms with Crippen molar-refractivity contribution >= 4 is 35.0 Å². The molecule has 0 aromatic heterocycles. The lowest BCUT2D eigenvalue weighted by Crippen LogP contribution is -2.38. The number of fused-ring (bicyclic) bond motifs is 2. The van der Waals surface area contributed by atoms with Crippen LogP contribution in [0.5, 0.6) is 5.75 Å². The van der Waals surface area contributed by atoms with Crippen LogP contribution < -0.4 is 15.0 Å². The molecule has 3 aromatic carbocycles. The molecule has 0 aliphatic carbocycles.